The van der Waals surface area contributed by atoms with Crippen LogP contribution in [0.5, 0.6) is 0 Å². The fourth-order valence-corrected chi connectivity index (χ4v) is 2.27. The van der Waals surface area contributed by atoms with Crippen molar-refractivity contribution in [2.45, 2.75) is 19.9 Å². The summed E-state index contributed by atoms with van der Waals surface area (Å²) in [5, 5.41) is 13.7. The Labute approximate surface area is 120 Å². The van der Waals surface area contributed by atoms with Crippen LogP contribution in [0.15, 0.2) is 30.3 Å². The zero-order valence-corrected chi connectivity index (χ0v) is 12.3. The predicted molar refractivity (Wildman–Crippen MR) is 84.1 cm³/mol. The lowest BCUT2D eigenvalue weighted by Gasteiger charge is -2.21. The van der Waals surface area contributed by atoms with Gasteiger partial charge in [0, 0.05) is 31.1 Å². The second-order valence-corrected chi connectivity index (χ2v) is 4.99. The van der Waals surface area contributed by atoms with Gasteiger partial charge < -0.3 is 15.3 Å². The normalized spacial score (nSPS) is 10.9. The van der Waals surface area contributed by atoms with Crippen molar-refractivity contribution < 1.29 is 5.11 Å². The molecule has 0 aliphatic carbocycles. The summed E-state index contributed by atoms with van der Waals surface area (Å²) in [7, 11) is 1.97. The predicted octanol–water partition coefficient (Wildman–Crippen LogP) is 2.16. The van der Waals surface area contributed by atoms with Crippen molar-refractivity contribution in [3.8, 4) is 0 Å². The lowest BCUT2D eigenvalue weighted by atomic mass is 10.1. The minimum Gasteiger partial charge on any atom is -0.395 e. The van der Waals surface area contributed by atoms with E-state index in [2.05, 4.69) is 24.4 Å². The number of aromatic nitrogens is 1. The minimum absolute atomic E-state index is 0.132. The number of fused-ring (bicyclic) bond motifs is 1. The Morgan fingerprint density at radius 1 is 1.30 bits per heavy atom. The van der Waals surface area contributed by atoms with Crippen LogP contribution in [0.4, 0.5) is 5.82 Å². The summed E-state index contributed by atoms with van der Waals surface area (Å²) in [5.41, 5.74) is 2.17. The van der Waals surface area contributed by atoms with Crippen LogP contribution in [-0.2, 0) is 6.54 Å². The van der Waals surface area contributed by atoms with Crippen LogP contribution in [-0.4, -0.2) is 36.8 Å². The molecule has 1 heterocycles. The van der Waals surface area contributed by atoms with Crippen molar-refractivity contribution in [3.05, 3.63) is 35.9 Å². The van der Waals surface area contributed by atoms with Gasteiger partial charge in [-0.2, -0.15) is 0 Å². The Kier molecular flexibility index (Phi) is 5.32. The van der Waals surface area contributed by atoms with Gasteiger partial charge in [0.1, 0.15) is 5.82 Å². The van der Waals surface area contributed by atoms with Crippen LogP contribution >= 0.6 is 0 Å². The van der Waals surface area contributed by atoms with E-state index in [1.807, 2.05) is 30.1 Å². The molecule has 0 aliphatic heterocycles. The summed E-state index contributed by atoms with van der Waals surface area (Å²) in [5.74, 6) is 0.946. The van der Waals surface area contributed by atoms with E-state index in [0.29, 0.717) is 6.54 Å². The van der Waals surface area contributed by atoms with Gasteiger partial charge in [-0.15, -0.1) is 0 Å². The summed E-state index contributed by atoms with van der Waals surface area (Å²) in [6, 6.07) is 10.3. The second kappa shape index (κ2) is 7.22. The number of aliphatic hydroxyl groups is 1. The molecule has 0 radical (unpaired) electrons. The lowest BCUT2D eigenvalue weighted by Crippen LogP contribution is -2.25. The van der Waals surface area contributed by atoms with E-state index in [0.717, 1.165) is 36.2 Å². The number of aliphatic hydroxyl groups excluding tert-OH is 1. The molecule has 2 rings (SSSR count). The maximum absolute atomic E-state index is 9.13. The fraction of sp³-hybridized carbons (Fsp3) is 0.438. The number of para-hydroxylation sites is 1. The Hall–Kier alpha value is -1.65. The van der Waals surface area contributed by atoms with Crippen molar-refractivity contribution in [1.29, 1.82) is 0 Å². The van der Waals surface area contributed by atoms with Crippen LogP contribution in [0, 0.1) is 0 Å². The smallest absolute Gasteiger partial charge is 0.133 e. The Balaban J connectivity index is 2.36. The first-order valence-corrected chi connectivity index (χ1v) is 7.17. The van der Waals surface area contributed by atoms with Crippen LogP contribution in [0.3, 0.4) is 0 Å². The van der Waals surface area contributed by atoms with Gasteiger partial charge in [-0.1, -0.05) is 25.1 Å². The van der Waals surface area contributed by atoms with E-state index in [4.69, 9.17) is 10.1 Å². The fourth-order valence-electron chi connectivity index (χ4n) is 2.27. The molecular formula is C16H23N3O. The van der Waals surface area contributed by atoms with Crippen LogP contribution in [0.25, 0.3) is 10.9 Å². The molecule has 0 spiro atoms. The van der Waals surface area contributed by atoms with Gasteiger partial charge in [-0.05, 0) is 25.1 Å². The molecule has 0 amide bonds. The quantitative estimate of drug-likeness (QED) is 0.759. The van der Waals surface area contributed by atoms with Gasteiger partial charge in [0.15, 0.2) is 0 Å². The molecule has 0 aliphatic rings. The third kappa shape index (κ3) is 3.46. The maximum atomic E-state index is 9.13. The lowest BCUT2D eigenvalue weighted by molar-refractivity contribution is 0.304. The minimum atomic E-state index is 0.132. The number of rotatable bonds is 7. The Morgan fingerprint density at radius 3 is 2.85 bits per heavy atom. The number of nitrogens with one attached hydrogen (secondary N) is 1. The molecule has 20 heavy (non-hydrogen) atoms. The molecule has 4 nitrogen and oxygen atoms in total. The summed E-state index contributed by atoms with van der Waals surface area (Å²) < 4.78 is 0. The van der Waals surface area contributed by atoms with Crippen molar-refractivity contribution >= 4 is 16.7 Å². The highest BCUT2D eigenvalue weighted by Gasteiger charge is 2.10. The van der Waals surface area contributed by atoms with Crippen LogP contribution in [0.2, 0.25) is 0 Å². The van der Waals surface area contributed by atoms with Gasteiger partial charge in [-0.25, -0.2) is 4.98 Å². The maximum Gasteiger partial charge on any atom is 0.133 e. The SMILES string of the molecule is CCCNCc1cc2ccccc2nc1N(C)CCO. The van der Waals surface area contributed by atoms with Crippen molar-refractivity contribution in [2.24, 2.45) is 0 Å². The zero-order chi connectivity index (χ0) is 14.4. The summed E-state index contributed by atoms with van der Waals surface area (Å²) >= 11 is 0. The summed E-state index contributed by atoms with van der Waals surface area (Å²) in [6.45, 7) is 4.68. The van der Waals surface area contributed by atoms with Gasteiger partial charge in [0.05, 0.1) is 12.1 Å². The highest BCUT2D eigenvalue weighted by Crippen LogP contribution is 2.22. The highest BCUT2D eigenvalue weighted by molar-refractivity contribution is 5.81. The van der Waals surface area contributed by atoms with Crippen LogP contribution < -0.4 is 10.2 Å². The van der Waals surface area contributed by atoms with E-state index in [-0.39, 0.29) is 6.61 Å². The Morgan fingerprint density at radius 2 is 2.10 bits per heavy atom. The molecular weight excluding hydrogens is 250 g/mol. The number of likely N-dealkylation sites (N-methyl/N-ethyl adjacent to an activating group) is 1. The van der Waals surface area contributed by atoms with Gasteiger partial charge in [0.25, 0.3) is 0 Å². The summed E-state index contributed by atoms with van der Waals surface area (Å²) in [4.78, 5) is 6.76. The monoisotopic (exact) mass is 273 g/mol. The largest absolute Gasteiger partial charge is 0.395 e. The van der Waals surface area contributed by atoms with E-state index in [1.54, 1.807) is 0 Å². The zero-order valence-electron chi connectivity index (χ0n) is 12.3. The van der Waals surface area contributed by atoms with Crippen molar-refractivity contribution in [1.82, 2.24) is 10.3 Å². The third-order valence-electron chi connectivity index (χ3n) is 3.32. The molecule has 0 bridgehead atoms. The molecule has 0 saturated carbocycles. The molecule has 0 fully saturated rings. The van der Waals surface area contributed by atoms with Gasteiger partial charge >= 0.3 is 0 Å². The number of anilines is 1. The molecule has 1 aromatic carbocycles. The number of nitrogens with zero attached hydrogens (tertiary/aromatic N) is 2. The van der Waals surface area contributed by atoms with Crippen LogP contribution in [0.1, 0.15) is 18.9 Å². The third-order valence-corrected chi connectivity index (χ3v) is 3.32. The van der Waals surface area contributed by atoms with Gasteiger partial charge in [0.2, 0.25) is 0 Å². The number of hydrogen-bond acceptors (Lipinski definition) is 4. The number of benzene rings is 1. The molecule has 108 valence electrons. The first kappa shape index (κ1) is 14.8. The average Bonchev–Trinajstić information content (AvgIpc) is 2.47. The molecule has 0 atom stereocenters. The number of hydrogen-bond donors (Lipinski definition) is 2. The molecule has 2 N–H and O–H groups in total. The van der Waals surface area contributed by atoms with Crippen molar-refractivity contribution in [3.63, 3.8) is 0 Å². The standard InChI is InChI=1S/C16H23N3O/c1-3-8-17-12-14-11-13-6-4-5-7-15(13)18-16(14)19(2)9-10-20/h4-7,11,17,20H,3,8-10,12H2,1-2H3. The molecule has 0 saturated heterocycles. The van der Waals surface area contributed by atoms with Crippen molar-refractivity contribution in [2.75, 3.05) is 31.6 Å². The topological polar surface area (TPSA) is 48.4 Å². The summed E-state index contributed by atoms with van der Waals surface area (Å²) in [6.07, 6.45) is 1.11. The average molecular weight is 273 g/mol. The molecule has 0 unspecified atom stereocenters. The first-order valence-electron chi connectivity index (χ1n) is 7.17. The van der Waals surface area contributed by atoms with E-state index >= 15 is 0 Å². The second-order valence-electron chi connectivity index (χ2n) is 4.99. The van der Waals surface area contributed by atoms with E-state index < -0.39 is 0 Å². The molecule has 1 aromatic heterocycles. The Bertz CT molecular complexity index is 556. The molecule has 4 heteroatoms. The number of pyridine rings is 1. The first-order chi connectivity index (χ1) is 9.76. The van der Waals surface area contributed by atoms with E-state index in [9.17, 15) is 0 Å². The highest BCUT2D eigenvalue weighted by atomic mass is 16.3. The molecule has 2 aromatic rings. The van der Waals surface area contributed by atoms with Gasteiger partial charge in [-0.3, -0.25) is 0 Å². The van der Waals surface area contributed by atoms with E-state index in [1.165, 1.54) is 5.56 Å².